The van der Waals surface area contributed by atoms with Gasteiger partial charge in [-0.3, -0.25) is 24.5 Å². The Balaban J connectivity index is 1.91. The number of ether oxygens (including phenoxy) is 1. The Labute approximate surface area is 141 Å². The number of hydroxylamine groups is 2. The lowest BCUT2D eigenvalue weighted by atomic mass is 10.3. The van der Waals surface area contributed by atoms with Crippen LogP contribution in [0.15, 0.2) is 29.2 Å². The van der Waals surface area contributed by atoms with E-state index >= 15 is 0 Å². The zero-order chi connectivity index (χ0) is 18.6. The van der Waals surface area contributed by atoms with Crippen LogP contribution in [0.2, 0.25) is 0 Å². The number of hydrogen-bond acceptors (Lipinski definition) is 9. The number of amides is 2. The summed E-state index contributed by atoms with van der Waals surface area (Å²) in [7, 11) is -3.95. The highest BCUT2D eigenvalue weighted by Gasteiger charge is 2.33. The summed E-state index contributed by atoms with van der Waals surface area (Å²) in [5.74, 6) is -2.07. The molecule has 1 saturated heterocycles. The molecule has 134 valence electrons. The van der Waals surface area contributed by atoms with Crippen LogP contribution in [0.25, 0.3) is 0 Å². The first-order valence-electron chi connectivity index (χ1n) is 6.88. The molecular formula is C13H12N2O9S. The van der Waals surface area contributed by atoms with Crippen LogP contribution in [-0.4, -0.2) is 48.7 Å². The minimum absolute atomic E-state index is 0.0900. The van der Waals surface area contributed by atoms with E-state index in [4.69, 9.17) is 0 Å². The minimum Gasteiger partial charge on any atom is -0.432 e. The smallest absolute Gasteiger partial charge is 0.432 e. The van der Waals surface area contributed by atoms with Crippen LogP contribution in [0.5, 0.6) is 0 Å². The highest BCUT2D eigenvalue weighted by atomic mass is 32.2. The largest absolute Gasteiger partial charge is 0.533 e. The number of non-ortho nitro benzene ring substituents is 1. The number of nitro groups is 1. The van der Waals surface area contributed by atoms with E-state index in [-0.39, 0.29) is 22.8 Å². The van der Waals surface area contributed by atoms with Crippen LogP contribution in [-0.2, 0) is 29.0 Å². The van der Waals surface area contributed by atoms with Gasteiger partial charge in [0.2, 0.25) is 0 Å². The normalized spacial score (nSPS) is 14.5. The Morgan fingerprint density at radius 3 is 2.48 bits per heavy atom. The van der Waals surface area contributed by atoms with Gasteiger partial charge in [-0.05, 0) is 6.07 Å². The van der Waals surface area contributed by atoms with Crippen molar-refractivity contribution in [3.05, 3.63) is 34.4 Å². The third-order valence-electron chi connectivity index (χ3n) is 3.13. The molecule has 25 heavy (non-hydrogen) atoms. The van der Waals surface area contributed by atoms with Gasteiger partial charge in [-0.1, -0.05) is 11.1 Å². The van der Waals surface area contributed by atoms with E-state index in [1.165, 1.54) is 12.1 Å². The molecule has 0 spiro atoms. The predicted octanol–water partition coefficient (Wildman–Crippen LogP) is 0.586. The molecule has 0 unspecified atom stereocenters. The average molecular weight is 372 g/mol. The second-order valence-electron chi connectivity index (χ2n) is 4.84. The van der Waals surface area contributed by atoms with Crippen molar-refractivity contribution in [1.82, 2.24) is 5.06 Å². The highest BCUT2D eigenvalue weighted by Crippen LogP contribution is 2.18. The fourth-order valence-corrected chi connectivity index (χ4v) is 3.03. The van der Waals surface area contributed by atoms with Crippen LogP contribution in [0.1, 0.15) is 12.8 Å². The second kappa shape index (κ2) is 7.25. The van der Waals surface area contributed by atoms with Gasteiger partial charge in [-0.25, -0.2) is 13.2 Å². The lowest BCUT2D eigenvalue weighted by Gasteiger charge is -2.12. The molecule has 11 nitrogen and oxygen atoms in total. The molecule has 0 radical (unpaired) electrons. The fraction of sp³-hybridized carbons (Fsp3) is 0.308. The van der Waals surface area contributed by atoms with Crippen molar-refractivity contribution >= 4 is 33.5 Å². The number of rotatable bonds is 6. The van der Waals surface area contributed by atoms with Gasteiger partial charge in [0.1, 0.15) is 6.61 Å². The van der Waals surface area contributed by atoms with Gasteiger partial charge in [-0.2, -0.15) is 0 Å². The summed E-state index contributed by atoms with van der Waals surface area (Å²) in [6.45, 7) is -0.625. The first-order valence-corrected chi connectivity index (χ1v) is 8.53. The Hall–Kier alpha value is -3.02. The summed E-state index contributed by atoms with van der Waals surface area (Å²) in [4.78, 5) is 47.9. The Morgan fingerprint density at radius 1 is 1.24 bits per heavy atom. The topological polar surface area (TPSA) is 150 Å². The number of benzene rings is 1. The van der Waals surface area contributed by atoms with Crippen molar-refractivity contribution in [1.29, 1.82) is 0 Å². The molecule has 0 saturated carbocycles. The Kier molecular flexibility index (Phi) is 5.32. The third kappa shape index (κ3) is 4.50. The standard InChI is InChI=1S/C13H12N2O9S/c16-11-4-5-12(17)14(11)24-13(18)23-6-7-25(21,22)10-3-1-2-9(8-10)15(19)20/h1-3,8H,4-7H2. The predicted molar refractivity (Wildman–Crippen MR) is 78.7 cm³/mol. The minimum atomic E-state index is -3.95. The van der Waals surface area contributed by atoms with Crippen LogP contribution >= 0.6 is 0 Å². The van der Waals surface area contributed by atoms with Crippen molar-refractivity contribution in [3.63, 3.8) is 0 Å². The number of sulfone groups is 1. The number of carbonyl (C=O) groups excluding carboxylic acids is 3. The van der Waals surface area contributed by atoms with Gasteiger partial charge in [0, 0.05) is 25.0 Å². The van der Waals surface area contributed by atoms with Crippen LogP contribution in [0.4, 0.5) is 10.5 Å². The van der Waals surface area contributed by atoms with Gasteiger partial charge in [0.25, 0.3) is 17.5 Å². The summed E-state index contributed by atoms with van der Waals surface area (Å²) in [5, 5.41) is 10.9. The molecule has 2 rings (SSSR count). The summed E-state index contributed by atoms with van der Waals surface area (Å²) in [5.41, 5.74) is -0.396. The molecule has 0 aromatic heterocycles. The molecule has 1 heterocycles. The molecule has 1 aliphatic rings. The first kappa shape index (κ1) is 18.3. The molecule has 1 fully saturated rings. The number of nitrogens with zero attached hydrogens (tertiary/aromatic N) is 2. The zero-order valence-electron chi connectivity index (χ0n) is 12.6. The number of nitro benzene ring substituents is 1. The lowest BCUT2D eigenvalue weighted by Crippen LogP contribution is -2.32. The average Bonchev–Trinajstić information content (AvgIpc) is 2.86. The van der Waals surface area contributed by atoms with E-state index in [1.807, 2.05) is 0 Å². The van der Waals surface area contributed by atoms with E-state index in [0.29, 0.717) is 0 Å². The van der Waals surface area contributed by atoms with Gasteiger partial charge < -0.3 is 4.74 Å². The Bertz CT molecular complexity index is 818. The van der Waals surface area contributed by atoms with Crippen molar-refractivity contribution in [3.8, 4) is 0 Å². The molecule has 0 N–H and O–H groups in total. The maximum absolute atomic E-state index is 12.1. The Morgan fingerprint density at radius 2 is 1.88 bits per heavy atom. The van der Waals surface area contributed by atoms with E-state index in [9.17, 15) is 32.9 Å². The third-order valence-corrected chi connectivity index (χ3v) is 4.81. The molecular weight excluding hydrogens is 360 g/mol. The molecule has 1 aromatic rings. The second-order valence-corrected chi connectivity index (χ2v) is 6.95. The first-order chi connectivity index (χ1) is 11.7. The molecule has 12 heteroatoms. The van der Waals surface area contributed by atoms with E-state index in [1.54, 1.807) is 0 Å². The number of carbonyl (C=O) groups is 3. The highest BCUT2D eigenvalue weighted by molar-refractivity contribution is 7.91. The molecule has 1 aliphatic heterocycles. The van der Waals surface area contributed by atoms with Crippen molar-refractivity contribution in [2.75, 3.05) is 12.4 Å². The van der Waals surface area contributed by atoms with Gasteiger partial charge in [-0.15, -0.1) is 0 Å². The zero-order valence-corrected chi connectivity index (χ0v) is 13.4. The molecule has 0 atom stereocenters. The maximum Gasteiger partial charge on any atom is 0.533 e. The summed E-state index contributed by atoms with van der Waals surface area (Å²) in [6.07, 6.45) is -1.58. The van der Waals surface area contributed by atoms with E-state index in [2.05, 4.69) is 9.57 Å². The van der Waals surface area contributed by atoms with E-state index < -0.39 is 50.8 Å². The molecule has 0 aliphatic carbocycles. The molecule has 1 aromatic carbocycles. The van der Waals surface area contributed by atoms with Gasteiger partial charge >= 0.3 is 6.16 Å². The van der Waals surface area contributed by atoms with Crippen LogP contribution in [0.3, 0.4) is 0 Å². The number of imide groups is 1. The van der Waals surface area contributed by atoms with Crippen LogP contribution < -0.4 is 0 Å². The fourth-order valence-electron chi connectivity index (χ4n) is 1.90. The van der Waals surface area contributed by atoms with Gasteiger partial charge in [0.05, 0.1) is 15.6 Å². The van der Waals surface area contributed by atoms with Crippen molar-refractivity contribution in [2.24, 2.45) is 0 Å². The monoisotopic (exact) mass is 372 g/mol. The van der Waals surface area contributed by atoms with Crippen molar-refractivity contribution in [2.45, 2.75) is 17.7 Å². The summed E-state index contributed by atoms with van der Waals surface area (Å²) in [6, 6.07) is 4.40. The lowest BCUT2D eigenvalue weighted by molar-refractivity contribution is -0.385. The molecule has 2 amide bonds. The maximum atomic E-state index is 12.1. The summed E-state index contributed by atoms with van der Waals surface area (Å²) >= 11 is 0. The van der Waals surface area contributed by atoms with E-state index in [0.717, 1.165) is 12.1 Å². The van der Waals surface area contributed by atoms with Crippen LogP contribution in [0, 0.1) is 10.1 Å². The molecule has 0 bridgehead atoms. The van der Waals surface area contributed by atoms with Crippen molar-refractivity contribution < 1.29 is 37.3 Å². The SMILES string of the molecule is O=C(OCCS(=O)(=O)c1cccc([N+](=O)[O-])c1)ON1C(=O)CCC1=O. The van der Waals surface area contributed by atoms with Gasteiger partial charge in [0.15, 0.2) is 9.84 Å². The summed E-state index contributed by atoms with van der Waals surface area (Å²) < 4.78 is 28.6. The number of hydrogen-bond donors (Lipinski definition) is 0. The quantitative estimate of drug-likeness (QED) is 0.302.